The van der Waals surface area contributed by atoms with Crippen molar-refractivity contribution < 1.29 is 13.9 Å². The second kappa shape index (κ2) is 9.22. The van der Waals surface area contributed by atoms with Gasteiger partial charge in [0.25, 0.3) is 0 Å². The van der Waals surface area contributed by atoms with Gasteiger partial charge in [0.1, 0.15) is 11.5 Å². The number of rotatable bonds is 8. The Morgan fingerprint density at radius 3 is 2.61 bits per heavy atom. The maximum Gasteiger partial charge on any atom is 0.196 e. The first kappa shape index (κ1) is 20.9. The molecule has 0 bridgehead atoms. The van der Waals surface area contributed by atoms with E-state index >= 15 is 0 Å². The maximum absolute atomic E-state index is 11.9. The molecule has 6 nitrogen and oxygen atoms in total. The molecule has 158 valence electrons. The van der Waals surface area contributed by atoms with Crippen LogP contribution < -0.4 is 4.74 Å². The second-order valence-electron chi connectivity index (χ2n) is 6.97. The molecular weight excluding hydrogens is 410 g/mol. The van der Waals surface area contributed by atoms with Gasteiger partial charge in [-0.1, -0.05) is 30.0 Å². The van der Waals surface area contributed by atoms with Crippen molar-refractivity contribution in [3.05, 3.63) is 77.7 Å². The zero-order valence-electron chi connectivity index (χ0n) is 17.7. The van der Waals surface area contributed by atoms with E-state index in [2.05, 4.69) is 10.2 Å². The molecule has 2 aromatic heterocycles. The minimum atomic E-state index is 0.0273. The van der Waals surface area contributed by atoms with Gasteiger partial charge in [0, 0.05) is 22.6 Å². The number of Topliss-reactive ketones (excluding diaryl/α,β-unsaturated/α-hetero) is 1. The van der Waals surface area contributed by atoms with E-state index in [0.29, 0.717) is 17.9 Å². The molecule has 31 heavy (non-hydrogen) atoms. The summed E-state index contributed by atoms with van der Waals surface area (Å²) in [5.74, 6) is 2.90. The SMILES string of the molecule is CCOc1ccc(C(C)=O)cc1CSc1nnc(-c2ccoc2C)n1-c1ccccc1. The standard InChI is InChI=1S/C24H23N3O3S/c1-4-29-22-11-10-18(16(2)28)14-19(22)15-31-24-26-25-23(21-12-13-30-17(21)3)27(24)20-8-6-5-7-9-20/h5-14H,4,15H2,1-3H3. The van der Waals surface area contributed by atoms with E-state index in [-0.39, 0.29) is 5.78 Å². The maximum atomic E-state index is 11.9. The van der Waals surface area contributed by atoms with Crippen molar-refractivity contribution in [2.45, 2.75) is 31.7 Å². The predicted octanol–water partition coefficient (Wildman–Crippen LogP) is 5.73. The van der Waals surface area contributed by atoms with Gasteiger partial charge in [-0.25, -0.2) is 0 Å². The molecule has 0 unspecified atom stereocenters. The molecule has 0 fully saturated rings. The molecule has 2 aromatic carbocycles. The molecule has 0 spiro atoms. The van der Waals surface area contributed by atoms with E-state index < -0.39 is 0 Å². The lowest BCUT2D eigenvalue weighted by Crippen LogP contribution is -2.01. The van der Waals surface area contributed by atoms with Crippen LogP contribution in [-0.2, 0) is 5.75 Å². The molecule has 4 aromatic rings. The van der Waals surface area contributed by atoms with Crippen molar-refractivity contribution >= 4 is 17.5 Å². The van der Waals surface area contributed by atoms with Crippen LogP contribution in [-0.4, -0.2) is 27.2 Å². The molecule has 7 heteroatoms. The molecule has 2 heterocycles. The smallest absolute Gasteiger partial charge is 0.196 e. The van der Waals surface area contributed by atoms with Crippen LogP contribution in [0, 0.1) is 6.92 Å². The number of nitrogens with zero attached hydrogens (tertiary/aromatic N) is 3. The van der Waals surface area contributed by atoms with Gasteiger partial charge in [-0.15, -0.1) is 10.2 Å². The molecule has 0 atom stereocenters. The first-order valence-corrected chi connectivity index (χ1v) is 11.0. The second-order valence-corrected chi connectivity index (χ2v) is 7.91. The summed E-state index contributed by atoms with van der Waals surface area (Å²) in [6.07, 6.45) is 1.66. The zero-order valence-corrected chi connectivity index (χ0v) is 18.5. The Morgan fingerprint density at radius 2 is 1.94 bits per heavy atom. The minimum Gasteiger partial charge on any atom is -0.494 e. The van der Waals surface area contributed by atoms with E-state index in [4.69, 9.17) is 9.15 Å². The molecule has 0 N–H and O–H groups in total. The Balaban J connectivity index is 1.72. The number of carbonyl (C=O) groups excluding carboxylic acids is 1. The van der Waals surface area contributed by atoms with Crippen LogP contribution in [0.3, 0.4) is 0 Å². The van der Waals surface area contributed by atoms with Crippen molar-refractivity contribution in [1.82, 2.24) is 14.8 Å². The summed E-state index contributed by atoms with van der Waals surface area (Å²) in [7, 11) is 0. The number of para-hydroxylation sites is 1. The molecule has 0 aliphatic heterocycles. The number of aryl methyl sites for hydroxylation is 1. The Morgan fingerprint density at radius 1 is 1.13 bits per heavy atom. The summed E-state index contributed by atoms with van der Waals surface area (Å²) >= 11 is 1.55. The van der Waals surface area contributed by atoms with Crippen LogP contribution in [0.1, 0.15) is 35.5 Å². The minimum absolute atomic E-state index is 0.0273. The highest BCUT2D eigenvalue weighted by Gasteiger charge is 2.19. The van der Waals surface area contributed by atoms with Gasteiger partial charge in [-0.2, -0.15) is 0 Å². The first-order chi connectivity index (χ1) is 15.1. The summed E-state index contributed by atoms with van der Waals surface area (Å²) in [6.45, 7) is 5.98. The van der Waals surface area contributed by atoms with Crippen molar-refractivity contribution in [2.24, 2.45) is 0 Å². The highest BCUT2D eigenvalue weighted by atomic mass is 32.2. The summed E-state index contributed by atoms with van der Waals surface area (Å²) in [5.41, 5.74) is 3.48. The number of thioether (sulfide) groups is 1. The summed E-state index contributed by atoms with van der Waals surface area (Å²) in [6, 6.07) is 17.4. The Kier molecular flexibility index (Phi) is 6.23. The fourth-order valence-corrected chi connectivity index (χ4v) is 4.24. The number of ketones is 1. The molecule has 0 radical (unpaired) electrons. The number of carbonyl (C=O) groups is 1. The average molecular weight is 434 g/mol. The van der Waals surface area contributed by atoms with Crippen LogP contribution in [0.2, 0.25) is 0 Å². The van der Waals surface area contributed by atoms with Gasteiger partial charge in [0.2, 0.25) is 0 Å². The number of furan rings is 1. The van der Waals surface area contributed by atoms with Gasteiger partial charge < -0.3 is 9.15 Å². The van der Waals surface area contributed by atoms with Gasteiger partial charge >= 0.3 is 0 Å². The quantitative estimate of drug-likeness (QED) is 0.261. The molecule has 0 aliphatic rings. The van der Waals surface area contributed by atoms with E-state index in [1.54, 1.807) is 31.0 Å². The number of hydrogen-bond acceptors (Lipinski definition) is 6. The van der Waals surface area contributed by atoms with Crippen molar-refractivity contribution in [1.29, 1.82) is 0 Å². The molecule has 0 aliphatic carbocycles. The Labute approximate surface area is 185 Å². The van der Waals surface area contributed by atoms with Crippen LogP contribution >= 0.6 is 11.8 Å². The van der Waals surface area contributed by atoms with Crippen molar-refractivity contribution in [3.8, 4) is 22.8 Å². The molecule has 0 saturated heterocycles. The van der Waals surface area contributed by atoms with Crippen LogP contribution in [0.4, 0.5) is 0 Å². The molecule has 4 rings (SSSR count). The van der Waals surface area contributed by atoms with Crippen LogP contribution in [0.15, 0.2) is 70.4 Å². The topological polar surface area (TPSA) is 70.2 Å². The van der Waals surface area contributed by atoms with Gasteiger partial charge in [-0.3, -0.25) is 9.36 Å². The zero-order chi connectivity index (χ0) is 21.8. The third-order valence-electron chi connectivity index (χ3n) is 4.87. The highest BCUT2D eigenvalue weighted by Crippen LogP contribution is 2.33. The van der Waals surface area contributed by atoms with Gasteiger partial charge in [0.15, 0.2) is 16.8 Å². The third-order valence-corrected chi connectivity index (χ3v) is 5.85. The monoisotopic (exact) mass is 433 g/mol. The van der Waals surface area contributed by atoms with E-state index in [1.807, 2.05) is 66.9 Å². The number of hydrogen-bond donors (Lipinski definition) is 0. The van der Waals surface area contributed by atoms with Gasteiger partial charge in [0.05, 0.1) is 18.4 Å². The number of aromatic nitrogens is 3. The van der Waals surface area contributed by atoms with E-state index in [0.717, 1.165) is 39.3 Å². The predicted molar refractivity (Wildman–Crippen MR) is 121 cm³/mol. The normalized spacial score (nSPS) is 10.9. The number of ether oxygens (including phenoxy) is 1. The molecule has 0 amide bonds. The number of benzene rings is 2. The largest absolute Gasteiger partial charge is 0.494 e. The lowest BCUT2D eigenvalue weighted by atomic mass is 10.1. The fraction of sp³-hybridized carbons (Fsp3) is 0.208. The molecule has 0 saturated carbocycles. The lowest BCUT2D eigenvalue weighted by Gasteiger charge is -2.12. The molecular formula is C24H23N3O3S. The van der Waals surface area contributed by atoms with Gasteiger partial charge in [-0.05, 0) is 57.2 Å². The van der Waals surface area contributed by atoms with Crippen LogP contribution in [0.25, 0.3) is 17.1 Å². The Hall–Kier alpha value is -3.32. The Bertz CT molecular complexity index is 1200. The average Bonchev–Trinajstić information content (AvgIpc) is 3.39. The third kappa shape index (κ3) is 4.41. The summed E-state index contributed by atoms with van der Waals surface area (Å²) < 4.78 is 13.3. The van der Waals surface area contributed by atoms with Crippen LogP contribution in [0.5, 0.6) is 5.75 Å². The lowest BCUT2D eigenvalue weighted by molar-refractivity contribution is 0.101. The highest BCUT2D eigenvalue weighted by molar-refractivity contribution is 7.98. The van der Waals surface area contributed by atoms with Crippen molar-refractivity contribution in [3.63, 3.8) is 0 Å². The fourth-order valence-electron chi connectivity index (χ4n) is 3.31. The van der Waals surface area contributed by atoms with E-state index in [1.165, 1.54) is 0 Å². The first-order valence-electron chi connectivity index (χ1n) is 10.0. The summed E-state index contributed by atoms with van der Waals surface area (Å²) in [5, 5.41) is 9.67. The van der Waals surface area contributed by atoms with E-state index in [9.17, 15) is 4.79 Å². The summed E-state index contributed by atoms with van der Waals surface area (Å²) in [4.78, 5) is 11.9. The van der Waals surface area contributed by atoms with Crippen molar-refractivity contribution in [2.75, 3.05) is 6.61 Å².